The first kappa shape index (κ1) is 22.7. The first-order valence-corrected chi connectivity index (χ1v) is 13.8. The molecule has 0 radical (unpaired) electrons. The molecule has 5 nitrogen and oxygen atoms in total. The summed E-state index contributed by atoms with van der Waals surface area (Å²) in [4.78, 5) is 4.61. The number of pyridine rings is 1. The van der Waals surface area contributed by atoms with Crippen molar-refractivity contribution in [3.8, 4) is 0 Å². The van der Waals surface area contributed by atoms with E-state index in [-0.39, 0.29) is 16.5 Å². The minimum atomic E-state index is -3.73. The van der Waals surface area contributed by atoms with Crippen LogP contribution < -0.4 is 0 Å². The van der Waals surface area contributed by atoms with Gasteiger partial charge in [-0.3, -0.25) is 9.17 Å². The Bertz CT molecular complexity index is 870. The maximum atomic E-state index is 12.2. The summed E-state index contributed by atoms with van der Waals surface area (Å²) in [5.41, 5.74) is 2.81. The lowest BCUT2D eigenvalue weighted by Crippen LogP contribution is -2.40. The van der Waals surface area contributed by atoms with Crippen molar-refractivity contribution in [2.24, 2.45) is 0 Å². The second-order valence-corrected chi connectivity index (χ2v) is 15.0. The minimum absolute atomic E-state index is 0.0811. The van der Waals surface area contributed by atoms with Crippen LogP contribution in [0.2, 0.25) is 18.1 Å². The van der Waals surface area contributed by atoms with Crippen LogP contribution in [0.25, 0.3) is 0 Å². The van der Waals surface area contributed by atoms with E-state index in [9.17, 15) is 8.42 Å². The predicted octanol–water partition coefficient (Wildman–Crippen LogP) is 4.86. The van der Waals surface area contributed by atoms with Gasteiger partial charge in [0, 0.05) is 6.20 Å². The van der Waals surface area contributed by atoms with Crippen LogP contribution in [0.15, 0.2) is 47.5 Å². The van der Waals surface area contributed by atoms with Crippen molar-refractivity contribution in [3.05, 3.63) is 59.4 Å². The fourth-order valence-electron chi connectivity index (χ4n) is 2.20. The average molecular weight is 422 g/mol. The Labute approximate surface area is 170 Å². The summed E-state index contributed by atoms with van der Waals surface area (Å²) in [6.45, 7) is 13.5. The zero-order valence-corrected chi connectivity index (χ0v) is 19.5. The number of hydrogen-bond donors (Lipinski definition) is 0. The molecule has 1 aromatic heterocycles. The zero-order chi connectivity index (χ0) is 21.0. The summed E-state index contributed by atoms with van der Waals surface area (Å²) in [5.74, 6) is 0. The first-order valence-electron chi connectivity index (χ1n) is 9.45. The lowest BCUT2D eigenvalue weighted by atomic mass is 10.2. The summed E-state index contributed by atoms with van der Waals surface area (Å²) in [7, 11) is -5.54. The van der Waals surface area contributed by atoms with Crippen LogP contribution >= 0.6 is 0 Å². The second-order valence-electron chi connectivity index (χ2n) is 8.55. The molecule has 0 bridgehead atoms. The van der Waals surface area contributed by atoms with Gasteiger partial charge in [-0.15, -0.1) is 0 Å². The number of nitrogens with zero attached hydrogens (tertiary/aromatic N) is 1. The quantitative estimate of drug-likeness (QED) is 0.450. The molecule has 0 saturated heterocycles. The standard InChI is InChI=1S/C21H31NO4SSi/c1-17-7-11-20(12-8-17)27(23,24)25-14-13-18-9-10-19(22-15-18)16-26-28(5,6)21(2,3)4/h7-12,15H,13-14,16H2,1-6H3. The molecule has 0 saturated carbocycles. The van der Waals surface area contributed by atoms with Crippen molar-refractivity contribution < 1.29 is 17.0 Å². The van der Waals surface area contributed by atoms with Crippen molar-refractivity contribution in [1.82, 2.24) is 4.98 Å². The summed E-state index contributed by atoms with van der Waals surface area (Å²) in [6, 6.07) is 10.5. The highest BCUT2D eigenvalue weighted by atomic mass is 32.2. The largest absolute Gasteiger partial charge is 0.411 e. The normalized spacial score (nSPS) is 12.9. The van der Waals surface area contributed by atoms with Crippen LogP contribution in [0, 0.1) is 6.92 Å². The number of aryl methyl sites for hydroxylation is 1. The van der Waals surface area contributed by atoms with Gasteiger partial charge < -0.3 is 4.43 Å². The molecule has 0 spiro atoms. The van der Waals surface area contributed by atoms with E-state index in [0.29, 0.717) is 13.0 Å². The van der Waals surface area contributed by atoms with E-state index in [1.165, 1.54) is 0 Å². The molecule has 0 unspecified atom stereocenters. The summed E-state index contributed by atoms with van der Waals surface area (Å²) >= 11 is 0. The Balaban J connectivity index is 1.87. The Morgan fingerprint density at radius 1 is 1.04 bits per heavy atom. The molecule has 0 aliphatic heterocycles. The van der Waals surface area contributed by atoms with Gasteiger partial charge in [0.25, 0.3) is 10.1 Å². The van der Waals surface area contributed by atoms with Gasteiger partial charge in [0.1, 0.15) is 0 Å². The number of hydrogen-bond acceptors (Lipinski definition) is 5. The molecule has 0 aliphatic rings. The number of aromatic nitrogens is 1. The number of benzene rings is 1. The molecule has 0 aliphatic carbocycles. The van der Waals surface area contributed by atoms with E-state index in [0.717, 1.165) is 16.8 Å². The summed E-state index contributed by atoms with van der Waals surface area (Å²) in [6.07, 6.45) is 2.23. The molecule has 0 fully saturated rings. The van der Waals surface area contributed by atoms with Crippen LogP contribution in [0.1, 0.15) is 37.6 Å². The third kappa shape index (κ3) is 6.24. The van der Waals surface area contributed by atoms with Crippen molar-refractivity contribution in [3.63, 3.8) is 0 Å². The van der Waals surface area contributed by atoms with Crippen LogP contribution in [0.3, 0.4) is 0 Å². The maximum absolute atomic E-state index is 12.2. The fraction of sp³-hybridized carbons (Fsp3) is 0.476. The molecule has 0 N–H and O–H groups in total. The van der Waals surface area contributed by atoms with E-state index in [1.54, 1.807) is 30.5 Å². The molecule has 2 aromatic rings. The minimum Gasteiger partial charge on any atom is -0.411 e. The SMILES string of the molecule is Cc1ccc(S(=O)(=O)OCCc2ccc(CO[Si](C)(C)C(C)(C)C)nc2)cc1. The van der Waals surface area contributed by atoms with Gasteiger partial charge in [0.2, 0.25) is 0 Å². The van der Waals surface area contributed by atoms with Crippen LogP contribution in [-0.2, 0) is 31.8 Å². The topological polar surface area (TPSA) is 65.5 Å². The van der Waals surface area contributed by atoms with E-state index >= 15 is 0 Å². The van der Waals surface area contributed by atoms with Crippen molar-refractivity contribution >= 4 is 18.4 Å². The Kier molecular flexibility index (Phi) is 7.20. The smallest absolute Gasteiger partial charge is 0.296 e. The summed E-state index contributed by atoms with van der Waals surface area (Å²) < 4.78 is 35.7. The van der Waals surface area contributed by atoms with Crippen molar-refractivity contribution in [2.75, 3.05) is 6.61 Å². The monoisotopic (exact) mass is 421 g/mol. The molecule has 0 amide bonds. The third-order valence-electron chi connectivity index (χ3n) is 5.21. The lowest BCUT2D eigenvalue weighted by Gasteiger charge is -2.36. The predicted molar refractivity (Wildman–Crippen MR) is 114 cm³/mol. The highest BCUT2D eigenvalue weighted by molar-refractivity contribution is 7.86. The van der Waals surface area contributed by atoms with Crippen molar-refractivity contribution in [1.29, 1.82) is 0 Å². The first-order chi connectivity index (χ1) is 12.9. The molecular formula is C21H31NO4SSi. The second kappa shape index (κ2) is 8.86. The van der Waals surface area contributed by atoms with Crippen LogP contribution in [0.5, 0.6) is 0 Å². The van der Waals surface area contributed by atoms with E-state index < -0.39 is 18.4 Å². The third-order valence-corrected chi connectivity index (χ3v) is 11.0. The van der Waals surface area contributed by atoms with Gasteiger partial charge in [-0.05, 0) is 55.2 Å². The average Bonchev–Trinajstić information content (AvgIpc) is 2.60. The highest BCUT2D eigenvalue weighted by Crippen LogP contribution is 2.36. The molecule has 1 heterocycles. The van der Waals surface area contributed by atoms with Gasteiger partial charge in [-0.2, -0.15) is 8.42 Å². The molecule has 1 aromatic carbocycles. The molecule has 7 heteroatoms. The Morgan fingerprint density at radius 3 is 2.21 bits per heavy atom. The van der Waals surface area contributed by atoms with Gasteiger partial charge in [-0.25, -0.2) is 0 Å². The molecule has 0 atom stereocenters. The van der Waals surface area contributed by atoms with Gasteiger partial charge in [-0.1, -0.05) is 44.5 Å². The number of rotatable bonds is 8. The van der Waals surface area contributed by atoms with Crippen molar-refractivity contribution in [2.45, 2.75) is 63.8 Å². The van der Waals surface area contributed by atoms with Gasteiger partial charge in [0.15, 0.2) is 8.32 Å². The van der Waals surface area contributed by atoms with Gasteiger partial charge in [0.05, 0.1) is 23.8 Å². The van der Waals surface area contributed by atoms with E-state index in [1.807, 2.05) is 19.1 Å². The molecule has 28 heavy (non-hydrogen) atoms. The maximum Gasteiger partial charge on any atom is 0.296 e. The van der Waals surface area contributed by atoms with Crippen LogP contribution in [0.4, 0.5) is 0 Å². The van der Waals surface area contributed by atoms with E-state index in [4.69, 9.17) is 8.61 Å². The Morgan fingerprint density at radius 2 is 1.68 bits per heavy atom. The lowest BCUT2D eigenvalue weighted by molar-refractivity contribution is 0.272. The highest BCUT2D eigenvalue weighted by Gasteiger charge is 2.37. The van der Waals surface area contributed by atoms with E-state index in [2.05, 4.69) is 38.8 Å². The van der Waals surface area contributed by atoms with Crippen LogP contribution in [-0.4, -0.2) is 28.3 Å². The zero-order valence-electron chi connectivity index (χ0n) is 17.7. The molecule has 154 valence electrons. The van der Waals surface area contributed by atoms with Gasteiger partial charge >= 0.3 is 0 Å². The fourth-order valence-corrected chi connectivity index (χ4v) is 4.05. The molecular weight excluding hydrogens is 390 g/mol. The Hall–Kier alpha value is -1.54. The summed E-state index contributed by atoms with van der Waals surface area (Å²) in [5, 5.41) is 0.160. The molecule has 2 rings (SSSR count).